The molecule has 1 heterocycles. The second-order valence-electron chi connectivity index (χ2n) is 7.19. The molecular weight excluding hydrogens is 384 g/mol. The van der Waals surface area contributed by atoms with Crippen molar-refractivity contribution in [1.29, 1.82) is 0 Å². The topological polar surface area (TPSA) is 76.1 Å². The minimum absolute atomic E-state index is 0.148. The quantitative estimate of drug-likeness (QED) is 0.671. The number of hydrogen-bond donors (Lipinski definition) is 1. The van der Waals surface area contributed by atoms with Gasteiger partial charge in [-0.15, -0.1) is 0 Å². The zero-order valence-corrected chi connectivity index (χ0v) is 17.6. The minimum Gasteiger partial charge on any atom is -0.348 e. The van der Waals surface area contributed by atoms with Crippen LogP contribution in [0, 0.1) is 20.8 Å². The number of nitrogens with one attached hydrogen (secondary N) is 1. The molecule has 0 spiro atoms. The molecule has 29 heavy (non-hydrogen) atoms. The Balaban J connectivity index is 1.79. The maximum atomic E-state index is 12.9. The number of nitrogens with zero attached hydrogens (tertiary/aromatic N) is 1. The number of pyridine rings is 1. The van der Waals surface area contributed by atoms with Crippen LogP contribution in [0.25, 0.3) is 0 Å². The van der Waals surface area contributed by atoms with E-state index in [1.807, 2.05) is 39.0 Å². The molecule has 3 rings (SSSR count). The van der Waals surface area contributed by atoms with E-state index in [1.165, 1.54) is 0 Å². The van der Waals surface area contributed by atoms with Crippen molar-refractivity contribution >= 4 is 15.7 Å². The van der Waals surface area contributed by atoms with Crippen molar-refractivity contribution in [3.63, 3.8) is 0 Å². The highest BCUT2D eigenvalue weighted by Crippen LogP contribution is 2.22. The maximum Gasteiger partial charge on any atom is 0.251 e. The van der Waals surface area contributed by atoms with Crippen molar-refractivity contribution in [2.45, 2.75) is 38.0 Å². The SMILES string of the molecule is Cc1ccc(S(=O)(=O)Cc2cc(C(=O)NCc3cccnc3)ccc2C)cc1C. The number of aromatic nitrogens is 1. The van der Waals surface area contributed by atoms with Crippen molar-refractivity contribution in [2.24, 2.45) is 0 Å². The number of carbonyl (C=O) groups excluding carboxylic acids is 1. The van der Waals surface area contributed by atoms with E-state index in [2.05, 4.69) is 10.3 Å². The van der Waals surface area contributed by atoms with E-state index in [1.54, 1.807) is 42.7 Å². The smallest absolute Gasteiger partial charge is 0.251 e. The number of rotatable bonds is 6. The molecule has 1 amide bonds. The molecule has 1 N–H and O–H groups in total. The first-order valence-corrected chi connectivity index (χ1v) is 11.0. The van der Waals surface area contributed by atoms with Gasteiger partial charge in [-0.25, -0.2) is 8.42 Å². The normalized spacial score (nSPS) is 11.3. The lowest BCUT2D eigenvalue weighted by molar-refractivity contribution is 0.0950. The maximum absolute atomic E-state index is 12.9. The summed E-state index contributed by atoms with van der Waals surface area (Å²) in [5.74, 6) is -0.399. The summed E-state index contributed by atoms with van der Waals surface area (Å²) in [4.78, 5) is 16.8. The molecule has 0 bridgehead atoms. The number of aryl methyl sites for hydroxylation is 3. The van der Waals surface area contributed by atoms with E-state index in [9.17, 15) is 13.2 Å². The van der Waals surface area contributed by atoms with E-state index >= 15 is 0 Å². The molecule has 3 aromatic rings. The Labute approximate surface area is 171 Å². The summed E-state index contributed by atoms with van der Waals surface area (Å²) in [7, 11) is -3.51. The fourth-order valence-corrected chi connectivity index (χ4v) is 4.47. The van der Waals surface area contributed by atoms with Crippen molar-refractivity contribution in [3.05, 3.63) is 94.3 Å². The van der Waals surface area contributed by atoms with Crippen LogP contribution < -0.4 is 5.32 Å². The Bertz CT molecular complexity index is 1140. The van der Waals surface area contributed by atoms with Gasteiger partial charge >= 0.3 is 0 Å². The summed E-state index contributed by atoms with van der Waals surface area (Å²) in [5.41, 5.74) is 4.77. The summed E-state index contributed by atoms with van der Waals surface area (Å²) in [6, 6.07) is 14.0. The van der Waals surface area contributed by atoms with Crippen LogP contribution in [0.3, 0.4) is 0 Å². The van der Waals surface area contributed by atoms with Crippen LogP contribution in [-0.2, 0) is 22.1 Å². The molecule has 0 saturated carbocycles. The Morgan fingerprint density at radius 3 is 2.41 bits per heavy atom. The van der Waals surface area contributed by atoms with Crippen LogP contribution in [0.15, 0.2) is 65.8 Å². The molecule has 0 saturated heterocycles. The third kappa shape index (κ3) is 5.09. The summed E-state index contributed by atoms with van der Waals surface area (Å²) >= 11 is 0. The molecule has 150 valence electrons. The van der Waals surface area contributed by atoms with Gasteiger partial charge in [-0.2, -0.15) is 0 Å². The van der Waals surface area contributed by atoms with Gasteiger partial charge in [0, 0.05) is 24.5 Å². The number of amides is 1. The molecule has 0 aliphatic rings. The van der Waals surface area contributed by atoms with Gasteiger partial charge in [-0.3, -0.25) is 9.78 Å². The van der Waals surface area contributed by atoms with Gasteiger partial charge in [0.1, 0.15) is 0 Å². The molecule has 1 aromatic heterocycles. The molecule has 6 heteroatoms. The zero-order valence-electron chi connectivity index (χ0n) is 16.8. The highest BCUT2D eigenvalue weighted by Gasteiger charge is 2.18. The molecule has 0 aliphatic heterocycles. The second kappa shape index (κ2) is 8.57. The van der Waals surface area contributed by atoms with Crippen molar-refractivity contribution < 1.29 is 13.2 Å². The highest BCUT2D eigenvalue weighted by atomic mass is 32.2. The van der Waals surface area contributed by atoms with E-state index in [-0.39, 0.29) is 11.7 Å². The monoisotopic (exact) mass is 408 g/mol. The van der Waals surface area contributed by atoms with Gasteiger partial charge in [-0.1, -0.05) is 18.2 Å². The third-order valence-electron chi connectivity index (χ3n) is 4.97. The van der Waals surface area contributed by atoms with Gasteiger partial charge in [0.05, 0.1) is 10.6 Å². The number of sulfone groups is 1. The van der Waals surface area contributed by atoms with E-state index < -0.39 is 9.84 Å². The standard InChI is InChI=1S/C23H24N2O3S/c1-16-7-9-22(11-18(16)3)29(27,28)15-21-12-20(8-6-17(21)2)23(26)25-14-19-5-4-10-24-13-19/h4-13H,14-15H2,1-3H3,(H,25,26). The van der Waals surface area contributed by atoms with E-state index in [0.717, 1.165) is 22.3 Å². The Morgan fingerprint density at radius 1 is 0.966 bits per heavy atom. The molecule has 0 unspecified atom stereocenters. The first-order chi connectivity index (χ1) is 13.8. The number of hydrogen-bond acceptors (Lipinski definition) is 4. The second-order valence-corrected chi connectivity index (χ2v) is 9.18. The average Bonchev–Trinajstić information content (AvgIpc) is 2.70. The third-order valence-corrected chi connectivity index (χ3v) is 6.63. The zero-order chi connectivity index (χ0) is 21.0. The Morgan fingerprint density at radius 2 is 1.72 bits per heavy atom. The Hall–Kier alpha value is -2.99. The average molecular weight is 409 g/mol. The fourth-order valence-electron chi connectivity index (χ4n) is 2.95. The lowest BCUT2D eigenvalue weighted by Crippen LogP contribution is -2.23. The summed E-state index contributed by atoms with van der Waals surface area (Å²) in [6.07, 6.45) is 3.37. The summed E-state index contributed by atoms with van der Waals surface area (Å²) in [6.45, 7) is 6.05. The van der Waals surface area contributed by atoms with Gasteiger partial charge in [0.25, 0.3) is 5.91 Å². The van der Waals surface area contributed by atoms with Gasteiger partial charge in [0.15, 0.2) is 9.84 Å². The van der Waals surface area contributed by atoms with Crippen LogP contribution in [0.4, 0.5) is 0 Å². The largest absolute Gasteiger partial charge is 0.348 e. The van der Waals surface area contributed by atoms with E-state index in [0.29, 0.717) is 22.6 Å². The molecule has 0 aliphatic carbocycles. The first-order valence-electron chi connectivity index (χ1n) is 9.33. The lowest BCUT2D eigenvalue weighted by atomic mass is 10.1. The van der Waals surface area contributed by atoms with Crippen LogP contribution in [0.5, 0.6) is 0 Å². The van der Waals surface area contributed by atoms with E-state index in [4.69, 9.17) is 0 Å². The van der Waals surface area contributed by atoms with Crippen LogP contribution >= 0.6 is 0 Å². The van der Waals surface area contributed by atoms with Crippen LogP contribution in [-0.4, -0.2) is 19.3 Å². The lowest BCUT2D eigenvalue weighted by Gasteiger charge is -2.11. The fraction of sp³-hybridized carbons (Fsp3) is 0.217. The minimum atomic E-state index is -3.51. The van der Waals surface area contributed by atoms with Crippen molar-refractivity contribution in [3.8, 4) is 0 Å². The first kappa shape index (κ1) is 20.7. The van der Waals surface area contributed by atoms with Gasteiger partial charge in [-0.05, 0) is 78.9 Å². The van der Waals surface area contributed by atoms with Crippen LogP contribution in [0.1, 0.15) is 38.2 Å². The molecular formula is C23H24N2O3S. The Kier molecular flexibility index (Phi) is 6.13. The molecule has 5 nitrogen and oxygen atoms in total. The van der Waals surface area contributed by atoms with Gasteiger partial charge < -0.3 is 5.32 Å². The number of benzene rings is 2. The summed E-state index contributed by atoms with van der Waals surface area (Å²) < 4.78 is 25.8. The number of carbonyl (C=O) groups is 1. The summed E-state index contributed by atoms with van der Waals surface area (Å²) in [5, 5.41) is 2.84. The predicted molar refractivity (Wildman–Crippen MR) is 113 cm³/mol. The molecule has 0 atom stereocenters. The van der Waals surface area contributed by atoms with Crippen molar-refractivity contribution in [2.75, 3.05) is 0 Å². The molecule has 2 aromatic carbocycles. The van der Waals surface area contributed by atoms with Gasteiger partial charge in [0.2, 0.25) is 0 Å². The molecule has 0 fully saturated rings. The van der Waals surface area contributed by atoms with Crippen molar-refractivity contribution in [1.82, 2.24) is 10.3 Å². The predicted octanol–water partition coefficient (Wildman–Crippen LogP) is 3.91. The highest BCUT2D eigenvalue weighted by molar-refractivity contribution is 7.90. The molecule has 0 radical (unpaired) electrons. The van der Waals surface area contributed by atoms with Crippen LogP contribution in [0.2, 0.25) is 0 Å².